The minimum absolute atomic E-state index is 0.0900. The van der Waals surface area contributed by atoms with Crippen LogP contribution in [0.5, 0.6) is 5.75 Å². The van der Waals surface area contributed by atoms with Crippen molar-refractivity contribution >= 4 is 47.1 Å². The molecular formula is C33H33F3N6O10S2. The molecule has 288 valence electrons. The summed E-state index contributed by atoms with van der Waals surface area (Å²) in [6.45, 7) is 3.03. The molecule has 4 aromatic rings. The van der Waals surface area contributed by atoms with Gasteiger partial charge in [-0.3, -0.25) is 24.0 Å². The van der Waals surface area contributed by atoms with Crippen molar-refractivity contribution < 1.29 is 51.2 Å². The standard InChI is InChI=1S/C25H23F3N4O8S.C8H10N2O2S/c1-11(33)37-10-19-23(38-12(2)34)22(32-9-18(30-31-32)14-6-16(26)21(28)17(27)7-14)24(39-13(3)35)25(40-19)41-15-4-5-29-20(36)8-15;1-10(2)8(13)12-6-3-4-9-7(11)5-6/h4-9,19,22-25H,10H2,1-3H3,(H,29,36);3-5H,1-2H3,(H,9,11)/t19-,22+,23+,24-,25-;/m1./s1. The highest BCUT2D eigenvalue weighted by molar-refractivity contribution is 7.99. The van der Waals surface area contributed by atoms with E-state index in [1.54, 1.807) is 31.1 Å². The van der Waals surface area contributed by atoms with Crippen LogP contribution < -0.4 is 15.9 Å². The fourth-order valence-corrected chi connectivity index (χ4v) is 6.08. The zero-order valence-electron chi connectivity index (χ0n) is 29.1. The number of pyridine rings is 2. The molecule has 0 saturated carbocycles. The van der Waals surface area contributed by atoms with Gasteiger partial charge in [-0.2, -0.15) is 0 Å². The summed E-state index contributed by atoms with van der Waals surface area (Å²) < 4.78 is 70.1. The van der Waals surface area contributed by atoms with Gasteiger partial charge in [-0.1, -0.05) is 17.0 Å². The Labute approximate surface area is 313 Å². The predicted molar refractivity (Wildman–Crippen MR) is 188 cm³/mol. The molecule has 0 aliphatic carbocycles. The average Bonchev–Trinajstić information content (AvgIpc) is 3.57. The van der Waals surface area contributed by atoms with Crippen LogP contribution in [-0.4, -0.2) is 97.4 Å². The molecule has 0 bridgehead atoms. The SMILES string of the molecule is CC(=O)OC[C@H]1O[C@H](Sc2cc[nH]c(=O)c2)[C@H](OC(C)=O)[C@@H](n2cc(-c3cc(F)c(F)c(F)c3)nn2)[C@H]1OC(C)=O.CN(C)C(=S)Oc1cc[nH]c(=O)c1. The highest BCUT2D eigenvalue weighted by Gasteiger charge is 2.52. The lowest BCUT2D eigenvalue weighted by Gasteiger charge is -2.44. The third kappa shape index (κ3) is 11.2. The lowest BCUT2D eigenvalue weighted by atomic mass is 9.96. The largest absolute Gasteiger partial charge is 0.463 e. The number of hydrogen-bond donors (Lipinski definition) is 2. The summed E-state index contributed by atoms with van der Waals surface area (Å²) in [5.74, 6) is -6.29. The minimum atomic E-state index is -1.66. The number of nitrogens with one attached hydrogen (secondary N) is 2. The first-order valence-electron chi connectivity index (χ1n) is 15.7. The van der Waals surface area contributed by atoms with Crippen molar-refractivity contribution in [2.45, 2.75) is 55.5 Å². The van der Waals surface area contributed by atoms with Crippen LogP contribution in [-0.2, 0) is 33.3 Å². The van der Waals surface area contributed by atoms with Crippen LogP contribution in [0.15, 0.2) is 69.5 Å². The Bertz CT molecular complexity index is 2090. The lowest BCUT2D eigenvalue weighted by Crippen LogP contribution is -2.57. The van der Waals surface area contributed by atoms with Gasteiger partial charge in [0.2, 0.25) is 5.56 Å². The maximum Gasteiger partial charge on any atom is 0.303 e. The summed E-state index contributed by atoms with van der Waals surface area (Å²) in [6.07, 6.45) is 0.457. The maximum absolute atomic E-state index is 13.9. The number of rotatable bonds is 9. The van der Waals surface area contributed by atoms with Crippen molar-refractivity contribution in [1.82, 2.24) is 29.9 Å². The Morgan fingerprint density at radius 3 is 2.11 bits per heavy atom. The van der Waals surface area contributed by atoms with E-state index in [0.717, 1.165) is 49.3 Å². The monoisotopic (exact) mass is 794 g/mol. The Balaban J connectivity index is 0.000000422. The molecule has 1 aliphatic rings. The number of aromatic nitrogens is 5. The van der Waals surface area contributed by atoms with Crippen LogP contribution in [0, 0.1) is 17.5 Å². The number of benzene rings is 1. The van der Waals surface area contributed by atoms with Crippen LogP contribution in [0.4, 0.5) is 13.2 Å². The highest BCUT2D eigenvalue weighted by atomic mass is 32.2. The third-order valence-electron chi connectivity index (χ3n) is 7.08. The lowest BCUT2D eigenvalue weighted by molar-refractivity contribution is -0.212. The number of thiocarbonyl (C=S) groups is 1. The van der Waals surface area contributed by atoms with E-state index in [1.807, 2.05) is 0 Å². The summed E-state index contributed by atoms with van der Waals surface area (Å²) in [5.41, 5.74) is -1.95. The Kier molecular flexibility index (Phi) is 14.1. The van der Waals surface area contributed by atoms with Gasteiger partial charge in [-0.05, 0) is 36.5 Å². The zero-order valence-corrected chi connectivity index (χ0v) is 30.7. The average molecular weight is 795 g/mol. The van der Waals surface area contributed by atoms with E-state index in [9.17, 15) is 37.1 Å². The molecule has 4 heterocycles. The Morgan fingerprint density at radius 1 is 0.926 bits per heavy atom. The number of ether oxygens (including phenoxy) is 5. The minimum Gasteiger partial charge on any atom is -0.463 e. The smallest absolute Gasteiger partial charge is 0.303 e. The van der Waals surface area contributed by atoms with Gasteiger partial charge in [-0.25, -0.2) is 17.9 Å². The molecule has 1 fully saturated rings. The van der Waals surface area contributed by atoms with E-state index >= 15 is 0 Å². The number of carbonyl (C=O) groups excluding carboxylic acids is 3. The number of halogens is 3. The molecule has 1 aromatic carbocycles. The first-order chi connectivity index (χ1) is 25.5. The fourth-order valence-electron chi connectivity index (χ4n) is 4.85. The molecule has 1 saturated heterocycles. The summed E-state index contributed by atoms with van der Waals surface area (Å²) >= 11 is 5.89. The van der Waals surface area contributed by atoms with E-state index in [-0.39, 0.29) is 23.4 Å². The quantitative estimate of drug-likeness (QED) is 0.108. The highest BCUT2D eigenvalue weighted by Crippen LogP contribution is 2.41. The van der Waals surface area contributed by atoms with Crippen LogP contribution in [0.25, 0.3) is 11.3 Å². The molecule has 54 heavy (non-hydrogen) atoms. The first-order valence-corrected chi connectivity index (χ1v) is 16.9. The van der Waals surface area contributed by atoms with Crippen LogP contribution in [0.2, 0.25) is 0 Å². The van der Waals surface area contributed by atoms with Gasteiger partial charge in [0.1, 0.15) is 35.6 Å². The Morgan fingerprint density at radius 2 is 1.54 bits per heavy atom. The maximum atomic E-state index is 13.9. The van der Waals surface area contributed by atoms with E-state index in [2.05, 4.69) is 20.3 Å². The van der Waals surface area contributed by atoms with Gasteiger partial charge < -0.3 is 38.6 Å². The van der Waals surface area contributed by atoms with E-state index < -0.39 is 70.7 Å². The van der Waals surface area contributed by atoms with Crippen molar-refractivity contribution in [3.05, 3.63) is 93.1 Å². The molecule has 5 atom stereocenters. The molecule has 0 amide bonds. The second kappa shape index (κ2) is 18.5. The van der Waals surface area contributed by atoms with E-state index in [4.69, 9.17) is 35.9 Å². The van der Waals surface area contributed by atoms with Crippen LogP contribution >= 0.6 is 24.0 Å². The molecule has 21 heteroatoms. The van der Waals surface area contributed by atoms with Crippen molar-refractivity contribution in [2.75, 3.05) is 20.7 Å². The molecule has 5 rings (SSSR count). The van der Waals surface area contributed by atoms with E-state index in [0.29, 0.717) is 15.8 Å². The predicted octanol–water partition coefficient (Wildman–Crippen LogP) is 3.14. The summed E-state index contributed by atoms with van der Waals surface area (Å²) in [4.78, 5) is 65.7. The number of esters is 3. The fraction of sp³-hybridized carbons (Fsp3) is 0.333. The first kappa shape index (κ1) is 41.2. The number of aromatic amines is 2. The van der Waals surface area contributed by atoms with E-state index in [1.165, 1.54) is 30.7 Å². The van der Waals surface area contributed by atoms with Gasteiger partial charge in [0.15, 0.2) is 29.7 Å². The molecule has 16 nitrogen and oxygen atoms in total. The summed E-state index contributed by atoms with van der Waals surface area (Å²) in [6, 6.07) is 6.08. The molecule has 0 spiro atoms. The number of thioether (sulfide) groups is 1. The van der Waals surface area contributed by atoms with Gasteiger partial charge in [0, 0.05) is 69.9 Å². The number of carbonyl (C=O) groups is 3. The number of H-pyrrole nitrogens is 2. The molecular weight excluding hydrogens is 762 g/mol. The van der Waals surface area contributed by atoms with Gasteiger partial charge in [-0.15, -0.1) is 5.10 Å². The molecule has 0 radical (unpaired) electrons. The zero-order chi connectivity index (χ0) is 39.7. The second-order valence-electron chi connectivity index (χ2n) is 11.5. The number of hydrogen-bond acceptors (Lipinski definition) is 14. The van der Waals surface area contributed by atoms with Crippen molar-refractivity contribution in [3.63, 3.8) is 0 Å². The van der Waals surface area contributed by atoms with Gasteiger partial charge in [0.25, 0.3) is 10.7 Å². The van der Waals surface area contributed by atoms with Crippen molar-refractivity contribution in [3.8, 4) is 17.0 Å². The van der Waals surface area contributed by atoms with Gasteiger partial charge in [0.05, 0.1) is 6.20 Å². The second-order valence-corrected chi connectivity index (χ2v) is 13.0. The van der Waals surface area contributed by atoms with Gasteiger partial charge >= 0.3 is 17.9 Å². The molecule has 3 aromatic heterocycles. The normalized spacial score (nSPS) is 19.1. The third-order valence-corrected chi connectivity index (χ3v) is 8.67. The summed E-state index contributed by atoms with van der Waals surface area (Å²) in [7, 11) is 3.55. The molecule has 2 N–H and O–H groups in total. The number of nitrogens with zero attached hydrogens (tertiary/aromatic N) is 4. The topological polar surface area (TPSA) is 197 Å². The van der Waals surface area contributed by atoms with Crippen LogP contribution in [0.1, 0.15) is 26.8 Å². The molecule has 1 aliphatic heterocycles. The van der Waals surface area contributed by atoms with Crippen molar-refractivity contribution in [2.24, 2.45) is 0 Å². The van der Waals surface area contributed by atoms with Crippen LogP contribution in [0.3, 0.4) is 0 Å². The Hall–Kier alpha value is -5.54. The molecule has 0 unspecified atom stereocenters. The van der Waals surface area contributed by atoms with Crippen molar-refractivity contribution in [1.29, 1.82) is 0 Å². The summed E-state index contributed by atoms with van der Waals surface area (Å²) in [5, 5.41) is 8.26.